The number of hydrogen-bond acceptors (Lipinski definition) is 4. The van der Waals surface area contributed by atoms with Crippen molar-refractivity contribution in [3.63, 3.8) is 0 Å². The maximum Gasteiger partial charge on any atom is 0.225 e. The lowest BCUT2D eigenvalue weighted by molar-refractivity contribution is -0.115. The second kappa shape index (κ2) is 5.31. The van der Waals surface area contributed by atoms with E-state index in [0.717, 1.165) is 6.20 Å². The van der Waals surface area contributed by atoms with Crippen molar-refractivity contribution in [1.82, 2.24) is 15.2 Å². The molecule has 1 N–H and O–H groups in total. The summed E-state index contributed by atoms with van der Waals surface area (Å²) in [7, 11) is 0. The normalized spacial score (nSPS) is 10.1. The summed E-state index contributed by atoms with van der Waals surface area (Å²) in [6.07, 6.45) is 2.99. The molecule has 0 saturated heterocycles. The minimum atomic E-state index is -0.433. The van der Waals surface area contributed by atoms with Gasteiger partial charge >= 0.3 is 0 Å². The number of hydrogen-bond donors (Lipinski definition) is 1. The van der Waals surface area contributed by atoms with Crippen molar-refractivity contribution >= 4 is 11.7 Å². The smallest absolute Gasteiger partial charge is 0.225 e. The lowest BCUT2D eigenvalue weighted by Crippen LogP contribution is -2.11. The number of pyridine rings is 1. The van der Waals surface area contributed by atoms with Gasteiger partial charge in [-0.05, 0) is 18.2 Å². The van der Waals surface area contributed by atoms with E-state index >= 15 is 0 Å². The summed E-state index contributed by atoms with van der Waals surface area (Å²) in [6.45, 7) is 1.75. The second-order valence-corrected chi connectivity index (χ2v) is 3.60. The van der Waals surface area contributed by atoms with Crippen LogP contribution in [0, 0.1) is 5.82 Å². The molecule has 2 aromatic rings. The van der Waals surface area contributed by atoms with Crippen LogP contribution in [0.5, 0.6) is 0 Å². The zero-order valence-corrected chi connectivity index (χ0v) is 9.72. The van der Waals surface area contributed by atoms with Gasteiger partial charge in [-0.25, -0.2) is 4.39 Å². The van der Waals surface area contributed by atoms with Gasteiger partial charge in [-0.3, -0.25) is 9.78 Å². The summed E-state index contributed by atoms with van der Waals surface area (Å²) in [5.41, 5.74) is 1.03. The molecule has 0 atom stereocenters. The summed E-state index contributed by atoms with van der Waals surface area (Å²) in [5.74, 6) is -0.197. The molecule has 0 saturated carbocycles. The second-order valence-electron chi connectivity index (χ2n) is 3.60. The maximum atomic E-state index is 13.0. The Kier molecular flexibility index (Phi) is 3.57. The predicted molar refractivity (Wildman–Crippen MR) is 64.1 cm³/mol. The van der Waals surface area contributed by atoms with Crippen LogP contribution in [0.3, 0.4) is 0 Å². The molecule has 5 nitrogen and oxygen atoms in total. The number of carbonyl (C=O) groups is 1. The van der Waals surface area contributed by atoms with E-state index in [9.17, 15) is 9.18 Å². The number of rotatable bonds is 3. The largest absolute Gasteiger partial charge is 0.309 e. The van der Waals surface area contributed by atoms with Crippen LogP contribution >= 0.6 is 0 Å². The van der Waals surface area contributed by atoms with E-state index in [1.807, 2.05) is 0 Å². The number of halogens is 1. The van der Waals surface area contributed by atoms with Crippen LogP contribution in [0.4, 0.5) is 10.2 Å². The number of carbonyl (C=O) groups excluding carboxylic acids is 1. The third-order valence-corrected chi connectivity index (χ3v) is 2.25. The number of aromatic nitrogens is 3. The molecule has 0 unspecified atom stereocenters. The Morgan fingerprint density at radius 2 is 2.17 bits per heavy atom. The summed E-state index contributed by atoms with van der Waals surface area (Å²) >= 11 is 0. The highest BCUT2D eigenvalue weighted by Crippen LogP contribution is 2.16. The first-order chi connectivity index (χ1) is 8.69. The Morgan fingerprint density at radius 1 is 1.33 bits per heavy atom. The first-order valence-corrected chi connectivity index (χ1v) is 5.43. The Hall–Kier alpha value is -2.37. The lowest BCUT2D eigenvalue weighted by atomic mass is 10.2. The van der Waals surface area contributed by atoms with Gasteiger partial charge in [0.2, 0.25) is 5.91 Å². The fraction of sp³-hybridized carbons (Fsp3) is 0.167. The molecule has 0 aliphatic rings. The number of anilines is 1. The fourth-order valence-electron chi connectivity index (χ4n) is 1.34. The van der Waals surface area contributed by atoms with Crippen molar-refractivity contribution in [2.75, 3.05) is 5.32 Å². The van der Waals surface area contributed by atoms with Crippen LogP contribution in [-0.2, 0) is 4.79 Å². The molecular weight excluding hydrogens is 235 g/mol. The van der Waals surface area contributed by atoms with E-state index < -0.39 is 5.82 Å². The average Bonchev–Trinajstić information content (AvgIpc) is 2.39. The summed E-state index contributed by atoms with van der Waals surface area (Å²) < 4.78 is 13.0. The van der Waals surface area contributed by atoms with Crippen molar-refractivity contribution < 1.29 is 9.18 Å². The van der Waals surface area contributed by atoms with Crippen molar-refractivity contribution in [3.05, 3.63) is 36.4 Å². The molecular formula is C12H11FN4O. The zero-order valence-electron chi connectivity index (χ0n) is 9.72. The van der Waals surface area contributed by atoms with Gasteiger partial charge in [-0.15, -0.1) is 10.2 Å². The minimum Gasteiger partial charge on any atom is -0.309 e. The van der Waals surface area contributed by atoms with Gasteiger partial charge in [0.1, 0.15) is 5.82 Å². The first-order valence-electron chi connectivity index (χ1n) is 5.43. The third kappa shape index (κ3) is 2.85. The van der Waals surface area contributed by atoms with Crippen molar-refractivity contribution in [2.45, 2.75) is 13.3 Å². The maximum absolute atomic E-state index is 13.0. The molecule has 0 radical (unpaired) electrons. The highest BCUT2D eigenvalue weighted by atomic mass is 19.1. The van der Waals surface area contributed by atoms with Gasteiger partial charge in [-0.2, -0.15) is 0 Å². The SMILES string of the molecule is CCC(=O)Nc1ccc(-c2cncc(F)c2)nn1. The molecule has 0 bridgehead atoms. The molecule has 1 amide bonds. The van der Waals surface area contributed by atoms with Crippen LogP contribution in [0.25, 0.3) is 11.3 Å². The molecule has 0 aromatic carbocycles. The van der Waals surface area contributed by atoms with Crippen LogP contribution in [0.2, 0.25) is 0 Å². The third-order valence-electron chi connectivity index (χ3n) is 2.25. The summed E-state index contributed by atoms with van der Waals surface area (Å²) in [6, 6.07) is 4.58. The van der Waals surface area contributed by atoms with Crippen LogP contribution in [0.15, 0.2) is 30.6 Å². The molecule has 2 rings (SSSR count). The number of nitrogens with zero attached hydrogens (tertiary/aromatic N) is 3. The van der Waals surface area contributed by atoms with Gasteiger partial charge in [0.25, 0.3) is 0 Å². The van der Waals surface area contributed by atoms with Crippen LogP contribution in [0.1, 0.15) is 13.3 Å². The lowest BCUT2D eigenvalue weighted by Gasteiger charge is -2.03. The predicted octanol–water partition coefficient (Wildman–Crippen LogP) is 2.03. The summed E-state index contributed by atoms with van der Waals surface area (Å²) in [5, 5.41) is 10.3. The highest BCUT2D eigenvalue weighted by molar-refractivity contribution is 5.89. The molecule has 0 aliphatic heterocycles. The number of nitrogens with one attached hydrogen (secondary N) is 1. The van der Waals surface area contributed by atoms with E-state index in [2.05, 4.69) is 20.5 Å². The van der Waals surface area contributed by atoms with Crippen LogP contribution < -0.4 is 5.32 Å². The Balaban J connectivity index is 2.19. The monoisotopic (exact) mass is 246 g/mol. The summed E-state index contributed by atoms with van der Waals surface area (Å²) in [4.78, 5) is 14.9. The van der Waals surface area contributed by atoms with Gasteiger partial charge in [0.15, 0.2) is 5.82 Å². The standard InChI is InChI=1S/C12H11FN4O/c1-2-12(18)15-11-4-3-10(16-17-11)8-5-9(13)7-14-6-8/h3-7H,2H2,1H3,(H,15,17,18). The van der Waals surface area contributed by atoms with E-state index in [4.69, 9.17) is 0 Å². The zero-order chi connectivity index (χ0) is 13.0. The van der Waals surface area contributed by atoms with Gasteiger partial charge in [-0.1, -0.05) is 6.92 Å². The van der Waals surface area contributed by atoms with Crippen molar-refractivity contribution in [1.29, 1.82) is 0 Å². The van der Waals surface area contributed by atoms with Gasteiger partial charge < -0.3 is 5.32 Å². The van der Waals surface area contributed by atoms with Crippen molar-refractivity contribution in [3.8, 4) is 11.3 Å². The van der Waals surface area contributed by atoms with Crippen molar-refractivity contribution in [2.24, 2.45) is 0 Å². The minimum absolute atomic E-state index is 0.135. The Labute approximate surface area is 103 Å². The van der Waals surface area contributed by atoms with E-state index in [1.54, 1.807) is 19.1 Å². The molecule has 0 fully saturated rings. The molecule has 2 aromatic heterocycles. The average molecular weight is 246 g/mol. The molecule has 18 heavy (non-hydrogen) atoms. The fourth-order valence-corrected chi connectivity index (χ4v) is 1.34. The molecule has 0 aliphatic carbocycles. The topological polar surface area (TPSA) is 67.8 Å². The van der Waals surface area contributed by atoms with E-state index in [1.165, 1.54) is 12.3 Å². The van der Waals surface area contributed by atoms with E-state index in [-0.39, 0.29) is 5.91 Å². The number of amides is 1. The van der Waals surface area contributed by atoms with Crippen LogP contribution in [-0.4, -0.2) is 21.1 Å². The highest BCUT2D eigenvalue weighted by Gasteiger charge is 2.04. The molecule has 2 heterocycles. The van der Waals surface area contributed by atoms with Gasteiger partial charge in [0.05, 0.1) is 11.9 Å². The molecule has 0 spiro atoms. The first kappa shape index (κ1) is 12.1. The van der Waals surface area contributed by atoms with E-state index in [0.29, 0.717) is 23.5 Å². The Morgan fingerprint density at radius 3 is 2.78 bits per heavy atom. The molecule has 6 heteroatoms. The quantitative estimate of drug-likeness (QED) is 0.899. The Bertz CT molecular complexity index is 556. The molecule has 92 valence electrons. The van der Waals surface area contributed by atoms with Gasteiger partial charge in [0, 0.05) is 18.2 Å².